The zero-order valence-electron chi connectivity index (χ0n) is 10.6. The van der Waals surface area contributed by atoms with Crippen LogP contribution in [0.25, 0.3) is 0 Å². The minimum absolute atomic E-state index is 0.0976. The van der Waals surface area contributed by atoms with Crippen molar-refractivity contribution >= 4 is 23.2 Å². The Kier molecular flexibility index (Phi) is 3.06. The third-order valence-corrected chi connectivity index (χ3v) is 4.82. The maximum atomic E-state index is 11.3. The van der Waals surface area contributed by atoms with E-state index in [1.807, 2.05) is 6.07 Å². The summed E-state index contributed by atoms with van der Waals surface area (Å²) in [6.45, 7) is 2.25. The highest BCUT2D eigenvalue weighted by Crippen LogP contribution is 2.45. The van der Waals surface area contributed by atoms with E-state index in [0.29, 0.717) is 12.3 Å². The third kappa shape index (κ3) is 2.26. The van der Waals surface area contributed by atoms with E-state index in [1.54, 1.807) is 0 Å². The van der Waals surface area contributed by atoms with Gasteiger partial charge in [-0.1, -0.05) is 19.1 Å². The van der Waals surface area contributed by atoms with Crippen LogP contribution in [-0.2, 0) is 11.2 Å². The Morgan fingerprint density at radius 3 is 2.83 bits per heavy atom. The normalized spacial score (nSPS) is 22.0. The van der Waals surface area contributed by atoms with E-state index < -0.39 is 0 Å². The Hall–Kier alpha value is -1.02. The van der Waals surface area contributed by atoms with Gasteiger partial charge in [0, 0.05) is 12.1 Å². The van der Waals surface area contributed by atoms with Crippen LogP contribution in [0.15, 0.2) is 18.2 Å². The Labute approximate surface area is 113 Å². The van der Waals surface area contributed by atoms with E-state index in [9.17, 15) is 4.79 Å². The fraction of sp³-hybridized carbons (Fsp3) is 0.533. The molecule has 2 unspecified atom stereocenters. The molecule has 2 nitrogen and oxygen atoms in total. The van der Waals surface area contributed by atoms with Gasteiger partial charge in [0.05, 0.1) is 5.38 Å². The molecule has 1 amide bonds. The van der Waals surface area contributed by atoms with Gasteiger partial charge in [-0.15, -0.1) is 11.6 Å². The van der Waals surface area contributed by atoms with Crippen LogP contribution in [0.3, 0.4) is 0 Å². The second kappa shape index (κ2) is 4.58. The van der Waals surface area contributed by atoms with Crippen LogP contribution in [0, 0.1) is 11.8 Å². The largest absolute Gasteiger partial charge is 0.326 e. The van der Waals surface area contributed by atoms with Gasteiger partial charge in [0.25, 0.3) is 0 Å². The molecule has 1 N–H and O–H groups in total. The lowest BCUT2D eigenvalue weighted by atomic mass is 9.93. The molecule has 0 saturated heterocycles. The van der Waals surface area contributed by atoms with Crippen molar-refractivity contribution in [2.75, 3.05) is 5.32 Å². The number of nitrogens with one attached hydrogen (secondary N) is 1. The molecule has 2 aliphatic rings. The molecule has 1 aliphatic heterocycles. The minimum Gasteiger partial charge on any atom is -0.326 e. The smallest absolute Gasteiger partial charge is 0.224 e. The van der Waals surface area contributed by atoms with Gasteiger partial charge >= 0.3 is 0 Å². The molecule has 0 bridgehead atoms. The van der Waals surface area contributed by atoms with Gasteiger partial charge in [-0.05, 0) is 48.3 Å². The van der Waals surface area contributed by atoms with E-state index in [2.05, 4.69) is 24.4 Å². The number of fused-ring (bicyclic) bond motifs is 1. The van der Waals surface area contributed by atoms with Crippen LogP contribution >= 0.6 is 11.6 Å². The summed E-state index contributed by atoms with van der Waals surface area (Å²) in [6, 6.07) is 6.23. The zero-order valence-corrected chi connectivity index (χ0v) is 11.3. The molecule has 1 fully saturated rings. The first kappa shape index (κ1) is 12.0. The van der Waals surface area contributed by atoms with E-state index in [1.165, 1.54) is 24.0 Å². The molecule has 2 atom stereocenters. The summed E-state index contributed by atoms with van der Waals surface area (Å²) in [5, 5.41) is 3.01. The lowest BCUT2D eigenvalue weighted by Gasteiger charge is -2.22. The predicted octanol–water partition coefficient (Wildman–Crippen LogP) is 3.90. The second-order valence-electron chi connectivity index (χ2n) is 5.56. The van der Waals surface area contributed by atoms with Crippen molar-refractivity contribution in [3.63, 3.8) is 0 Å². The molecule has 96 valence electrons. The number of anilines is 1. The van der Waals surface area contributed by atoms with E-state index in [-0.39, 0.29) is 11.3 Å². The highest BCUT2D eigenvalue weighted by atomic mass is 35.5. The molecular formula is C15H18ClNO. The SMILES string of the molecule is CC(C1CC1)C(Cl)c1ccc2c(c1)CCC(=O)N2. The zero-order chi connectivity index (χ0) is 12.7. The standard InChI is InChI=1S/C15H18ClNO/c1-9(10-2-3-10)15(16)12-4-6-13-11(8-12)5-7-14(18)17-13/h4,6,8-10,15H,2-3,5,7H2,1H3,(H,17,18). The molecule has 0 radical (unpaired) electrons. The molecule has 3 heteroatoms. The molecule has 1 aliphatic carbocycles. The Balaban J connectivity index is 1.83. The van der Waals surface area contributed by atoms with Gasteiger partial charge in [-0.3, -0.25) is 4.79 Å². The van der Waals surface area contributed by atoms with Crippen molar-refractivity contribution in [1.29, 1.82) is 0 Å². The third-order valence-electron chi connectivity index (χ3n) is 4.17. The first-order valence-electron chi connectivity index (χ1n) is 6.72. The van der Waals surface area contributed by atoms with Gasteiger partial charge < -0.3 is 5.32 Å². The summed E-state index contributed by atoms with van der Waals surface area (Å²) < 4.78 is 0. The summed E-state index contributed by atoms with van der Waals surface area (Å²) in [4.78, 5) is 11.3. The number of carbonyl (C=O) groups is 1. The molecule has 18 heavy (non-hydrogen) atoms. The monoisotopic (exact) mass is 263 g/mol. The van der Waals surface area contributed by atoms with Crippen LogP contribution in [0.2, 0.25) is 0 Å². The Bertz CT molecular complexity index is 481. The number of halogens is 1. The number of amides is 1. The van der Waals surface area contributed by atoms with Crippen molar-refractivity contribution in [1.82, 2.24) is 0 Å². The Morgan fingerprint density at radius 2 is 2.11 bits per heavy atom. The number of hydrogen-bond acceptors (Lipinski definition) is 1. The van der Waals surface area contributed by atoms with Gasteiger partial charge in [-0.25, -0.2) is 0 Å². The van der Waals surface area contributed by atoms with Crippen LogP contribution in [0.4, 0.5) is 5.69 Å². The fourth-order valence-corrected chi connectivity index (χ4v) is 3.08. The van der Waals surface area contributed by atoms with Gasteiger partial charge in [0.2, 0.25) is 5.91 Å². The molecule has 1 aromatic carbocycles. The summed E-state index contributed by atoms with van der Waals surface area (Å²) in [5.74, 6) is 1.47. The molecule has 1 saturated carbocycles. The van der Waals surface area contributed by atoms with Crippen LogP contribution in [-0.4, -0.2) is 5.91 Å². The average molecular weight is 264 g/mol. The van der Waals surface area contributed by atoms with Crippen molar-refractivity contribution in [3.8, 4) is 0 Å². The van der Waals surface area contributed by atoms with Crippen LogP contribution in [0.1, 0.15) is 42.7 Å². The molecular weight excluding hydrogens is 246 g/mol. The highest BCUT2D eigenvalue weighted by molar-refractivity contribution is 6.21. The summed E-state index contributed by atoms with van der Waals surface area (Å²) >= 11 is 6.58. The number of hydrogen-bond donors (Lipinski definition) is 1. The second-order valence-corrected chi connectivity index (χ2v) is 6.03. The van der Waals surface area contributed by atoms with Crippen molar-refractivity contribution in [3.05, 3.63) is 29.3 Å². The van der Waals surface area contributed by atoms with Crippen molar-refractivity contribution < 1.29 is 4.79 Å². The molecule has 0 spiro atoms. The van der Waals surface area contributed by atoms with Crippen LogP contribution in [0.5, 0.6) is 0 Å². The first-order valence-corrected chi connectivity index (χ1v) is 7.15. The molecule has 0 aromatic heterocycles. The summed E-state index contributed by atoms with van der Waals surface area (Å²) in [7, 11) is 0. The lowest BCUT2D eigenvalue weighted by molar-refractivity contribution is -0.116. The van der Waals surface area contributed by atoms with Crippen molar-refractivity contribution in [2.45, 2.75) is 38.0 Å². The molecule has 3 rings (SSSR count). The summed E-state index contributed by atoms with van der Waals surface area (Å²) in [6.07, 6.45) is 4.06. The molecule has 1 heterocycles. The van der Waals surface area contributed by atoms with E-state index >= 15 is 0 Å². The van der Waals surface area contributed by atoms with Gasteiger partial charge in [0.15, 0.2) is 0 Å². The number of alkyl halides is 1. The lowest BCUT2D eigenvalue weighted by Crippen LogP contribution is -2.19. The fourth-order valence-electron chi connectivity index (χ4n) is 2.74. The number of rotatable bonds is 3. The maximum absolute atomic E-state index is 11.3. The van der Waals surface area contributed by atoms with Crippen LogP contribution < -0.4 is 5.32 Å². The van der Waals surface area contributed by atoms with E-state index in [0.717, 1.165) is 18.0 Å². The summed E-state index contributed by atoms with van der Waals surface area (Å²) in [5.41, 5.74) is 3.38. The first-order chi connectivity index (χ1) is 8.65. The number of aryl methyl sites for hydroxylation is 1. The Morgan fingerprint density at radius 1 is 1.33 bits per heavy atom. The van der Waals surface area contributed by atoms with Crippen molar-refractivity contribution in [2.24, 2.45) is 11.8 Å². The maximum Gasteiger partial charge on any atom is 0.224 e. The molecule has 1 aromatic rings. The number of benzene rings is 1. The highest BCUT2D eigenvalue weighted by Gasteiger charge is 2.33. The topological polar surface area (TPSA) is 29.1 Å². The predicted molar refractivity (Wildman–Crippen MR) is 73.9 cm³/mol. The van der Waals surface area contributed by atoms with Gasteiger partial charge in [0.1, 0.15) is 0 Å². The number of carbonyl (C=O) groups excluding carboxylic acids is 1. The average Bonchev–Trinajstić information content (AvgIpc) is 3.20. The minimum atomic E-state index is 0.0976. The quantitative estimate of drug-likeness (QED) is 0.824. The van der Waals surface area contributed by atoms with E-state index in [4.69, 9.17) is 11.6 Å². The van der Waals surface area contributed by atoms with Gasteiger partial charge in [-0.2, -0.15) is 0 Å².